The molecule has 0 amide bonds. The Morgan fingerprint density at radius 3 is 1.43 bits per heavy atom. The highest BCUT2D eigenvalue weighted by molar-refractivity contribution is 5.13. The van der Waals surface area contributed by atoms with Crippen molar-refractivity contribution >= 4 is 0 Å². The Morgan fingerprint density at radius 2 is 0.929 bits per heavy atom. The van der Waals surface area contributed by atoms with Crippen molar-refractivity contribution in [1.29, 1.82) is 0 Å². The highest BCUT2D eigenvalue weighted by Crippen LogP contribution is 1.98. The number of hydrogen-bond acceptors (Lipinski definition) is 0. The zero-order valence-electron chi connectivity index (χ0n) is 8.60. The summed E-state index contributed by atoms with van der Waals surface area (Å²) in [7, 11) is 0. The molecule has 0 bridgehead atoms. The van der Waals surface area contributed by atoms with E-state index in [2.05, 4.69) is 60.8 Å². The smallest absolute Gasteiger partial charge is 0.0166 e. The molecule has 0 spiro atoms. The summed E-state index contributed by atoms with van der Waals surface area (Å²) in [6.45, 7) is 0. The normalized spacial score (nSPS) is 27.4. The van der Waals surface area contributed by atoms with E-state index in [0.717, 1.165) is 25.7 Å². The molecule has 0 N–H and O–H groups in total. The summed E-state index contributed by atoms with van der Waals surface area (Å²) in [4.78, 5) is 0. The van der Waals surface area contributed by atoms with Crippen LogP contribution in [0.5, 0.6) is 0 Å². The average molecular weight is 186 g/mol. The van der Waals surface area contributed by atoms with E-state index in [1.807, 2.05) is 0 Å². The molecule has 74 valence electrons. The van der Waals surface area contributed by atoms with Crippen LogP contribution in [0.4, 0.5) is 0 Å². The third kappa shape index (κ3) is 6.24. The lowest BCUT2D eigenvalue weighted by atomic mass is 10.2. The summed E-state index contributed by atoms with van der Waals surface area (Å²) >= 11 is 0. The van der Waals surface area contributed by atoms with E-state index >= 15 is 0 Å². The van der Waals surface area contributed by atoms with Gasteiger partial charge in [-0.2, -0.15) is 0 Å². The van der Waals surface area contributed by atoms with Crippen molar-refractivity contribution in [2.45, 2.75) is 25.7 Å². The van der Waals surface area contributed by atoms with Crippen LogP contribution in [0.25, 0.3) is 0 Å². The molecule has 0 heteroatoms. The Hall–Kier alpha value is -1.30. The van der Waals surface area contributed by atoms with Gasteiger partial charge in [0.25, 0.3) is 0 Å². The third-order valence-corrected chi connectivity index (χ3v) is 1.98. The molecule has 1 aliphatic rings. The molecule has 0 radical (unpaired) electrons. The lowest BCUT2D eigenvalue weighted by Crippen LogP contribution is -1.67. The quantitative estimate of drug-likeness (QED) is 0.494. The molecule has 0 saturated carbocycles. The van der Waals surface area contributed by atoms with Gasteiger partial charge in [-0.25, -0.2) is 0 Å². The van der Waals surface area contributed by atoms with Crippen molar-refractivity contribution in [1.82, 2.24) is 0 Å². The maximum Gasteiger partial charge on any atom is -0.0166 e. The molecule has 0 saturated heterocycles. The molecule has 0 unspecified atom stereocenters. The van der Waals surface area contributed by atoms with Gasteiger partial charge >= 0.3 is 0 Å². The zero-order chi connectivity index (χ0) is 9.90. The molecule has 14 heavy (non-hydrogen) atoms. The van der Waals surface area contributed by atoms with Crippen molar-refractivity contribution in [3.05, 3.63) is 60.8 Å². The van der Waals surface area contributed by atoms with E-state index in [-0.39, 0.29) is 0 Å². The molecule has 0 fully saturated rings. The standard InChI is InChI=1S/C14H18/c1-2-4-6-8-10-12-14-13-11-9-7-5-3-1/h1-6,9-12H,7-8,13-14H2/b2-1+,5-3-,6-4?,11-9+,12-10-. The Labute approximate surface area is 87.0 Å². The van der Waals surface area contributed by atoms with Gasteiger partial charge in [0.15, 0.2) is 0 Å². The molecular weight excluding hydrogens is 168 g/mol. The number of rotatable bonds is 0. The summed E-state index contributed by atoms with van der Waals surface area (Å²) in [5.41, 5.74) is 0. The molecule has 0 aromatic heterocycles. The summed E-state index contributed by atoms with van der Waals surface area (Å²) < 4.78 is 0. The van der Waals surface area contributed by atoms with Crippen molar-refractivity contribution < 1.29 is 0 Å². The van der Waals surface area contributed by atoms with Gasteiger partial charge in [0.1, 0.15) is 0 Å². The molecule has 0 atom stereocenters. The van der Waals surface area contributed by atoms with Crippen molar-refractivity contribution in [2.24, 2.45) is 0 Å². The maximum absolute atomic E-state index is 2.25. The van der Waals surface area contributed by atoms with Gasteiger partial charge in [0.2, 0.25) is 0 Å². The average Bonchev–Trinajstić information content (AvgIpc) is 2.22. The largest absolute Gasteiger partial charge is 0.0879 e. The second-order valence-corrected chi connectivity index (χ2v) is 3.23. The van der Waals surface area contributed by atoms with E-state index < -0.39 is 0 Å². The fourth-order valence-electron chi connectivity index (χ4n) is 1.22. The van der Waals surface area contributed by atoms with Crippen molar-refractivity contribution in [3.63, 3.8) is 0 Å². The fraction of sp³-hybridized carbons (Fsp3) is 0.286. The van der Waals surface area contributed by atoms with Gasteiger partial charge < -0.3 is 0 Å². The van der Waals surface area contributed by atoms with Crippen LogP contribution in [0.3, 0.4) is 0 Å². The minimum Gasteiger partial charge on any atom is -0.0879 e. The van der Waals surface area contributed by atoms with E-state index in [1.54, 1.807) is 0 Å². The predicted octanol–water partition coefficient (Wildman–Crippen LogP) is 4.34. The molecule has 0 aromatic carbocycles. The molecule has 0 nitrogen and oxygen atoms in total. The Morgan fingerprint density at radius 1 is 0.429 bits per heavy atom. The number of hydrogen-bond donors (Lipinski definition) is 0. The van der Waals surface area contributed by atoms with Gasteiger partial charge in [-0.3, -0.25) is 0 Å². The summed E-state index contributed by atoms with van der Waals surface area (Å²) in [6.07, 6.45) is 26.0. The summed E-state index contributed by atoms with van der Waals surface area (Å²) in [5.74, 6) is 0. The van der Waals surface area contributed by atoms with Gasteiger partial charge in [-0.1, -0.05) is 60.8 Å². The highest BCUT2D eigenvalue weighted by atomic mass is 13.8. The second kappa shape index (κ2) is 8.31. The van der Waals surface area contributed by atoms with E-state index in [1.165, 1.54) is 0 Å². The topological polar surface area (TPSA) is 0 Å². The minimum atomic E-state index is 1.04. The lowest BCUT2D eigenvalue weighted by molar-refractivity contribution is 1.04. The van der Waals surface area contributed by atoms with Crippen LogP contribution in [0.15, 0.2) is 60.8 Å². The fourth-order valence-corrected chi connectivity index (χ4v) is 1.22. The lowest BCUT2D eigenvalue weighted by Gasteiger charge is -1.87. The van der Waals surface area contributed by atoms with Gasteiger partial charge in [-0.15, -0.1) is 0 Å². The van der Waals surface area contributed by atoms with E-state index in [0.29, 0.717) is 0 Å². The molecular formula is C14H18. The summed E-state index contributed by atoms with van der Waals surface area (Å²) in [6, 6.07) is 0. The Bertz CT molecular complexity index is 234. The summed E-state index contributed by atoms with van der Waals surface area (Å²) in [5, 5.41) is 0. The van der Waals surface area contributed by atoms with Crippen LogP contribution in [-0.4, -0.2) is 0 Å². The van der Waals surface area contributed by atoms with Crippen LogP contribution >= 0.6 is 0 Å². The first-order chi connectivity index (χ1) is 7.00. The molecule has 0 heterocycles. The second-order valence-electron chi connectivity index (χ2n) is 3.23. The predicted molar refractivity (Wildman–Crippen MR) is 64.2 cm³/mol. The van der Waals surface area contributed by atoms with Gasteiger partial charge in [0.05, 0.1) is 0 Å². The first-order valence-corrected chi connectivity index (χ1v) is 5.28. The van der Waals surface area contributed by atoms with E-state index in [9.17, 15) is 0 Å². The maximum atomic E-state index is 2.25. The molecule has 0 aliphatic heterocycles. The van der Waals surface area contributed by atoms with Crippen molar-refractivity contribution in [2.75, 3.05) is 0 Å². The molecule has 1 rings (SSSR count). The van der Waals surface area contributed by atoms with Crippen LogP contribution in [0.1, 0.15) is 25.7 Å². The van der Waals surface area contributed by atoms with Crippen LogP contribution in [-0.2, 0) is 0 Å². The van der Waals surface area contributed by atoms with Gasteiger partial charge in [-0.05, 0) is 25.7 Å². The first kappa shape index (κ1) is 10.8. The van der Waals surface area contributed by atoms with Crippen LogP contribution in [0, 0.1) is 0 Å². The molecule has 1 aliphatic carbocycles. The zero-order valence-corrected chi connectivity index (χ0v) is 8.60. The molecule has 0 aromatic rings. The minimum absolute atomic E-state index is 1.04. The third-order valence-electron chi connectivity index (χ3n) is 1.98. The van der Waals surface area contributed by atoms with Gasteiger partial charge in [0, 0.05) is 0 Å². The first-order valence-electron chi connectivity index (χ1n) is 5.28. The SMILES string of the molecule is C1=CC/C=C\CC/C=C/C/C=C\C=C\1. The Balaban J connectivity index is 2.45. The highest BCUT2D eigenvalue weighted by Gasteiger charge is 1.77. The number of allylic oxidation sites excluding steroid dienone is 10. The van der Waals surface area contributed by atoms with Crippen molar-refractivity contribution in [3.8, 4) is 0 Å². The van der Waals surface area contributed by atoms with Crippen LogP contribution in [0.2, 0.25) is 0 Å². The van der Waals surface area contributed by atoms with Crippen LogP contribution < -0.4 is 0 Å². The Kier molecular flexibility index (Phi) is 6.39. The van der Waals surface area contributed by atoms with E-state index in [4.69, 9.17) is 0 Å². The monoisotopic (exact) mass is 186 g/mol.